The molecule has 1 aromatic rings. The van der Waals surface area contributed by atoms with Crippen LogP contribution in [-0.2, 0) is 9.53 Å². The van der Waals surface area contributed by atoms with E-state index >= 15 is 0 Å². The minimum atomic E-state index is -0.206. The first-order valence-corrected chi connectivity index (χ1v) is 6.98. The normalized spacial score (nSPS) is 15.3. The van der Waals surface area contributed by atoms with Crippen LogP contribution in [0, 0.1) is 6.92 Å². The number of hydrogen-bond acceptors (Lipinski definition) is 3. The van der Waals surface area contributed by atoms with Gasteiger partial charge in [0, 0.05) is 19.2 Å². The number of rotatable bonds is 2. The fourth-order valence-electron chi connectivity index (χ4n) is 1.84. The molecule has 106 valence electrons. The molecule has 0 radical (unpaired) electrons. The van der Waals surface area contributed by atoms with Crippen LogP contribution in [0.5, 0.6) is 0 Å². The van der Waals surface area contributed by atoms with Crippen molar-refractivity contribution in [3.8, 4) is 0 Å². The van der Waals surface area contributed by atoms with Crippen LogP contribution >= 0.6 is 12.2 Å². The lowest BCUT2D eigenvalue weighted by molar-refractivity contribution is -0.115. The van der Waals surface area contributed by atoms with Gasteiger partial charge >= 0.3 is 0 Å². The van der Waals surface area contributed by atoms with Gasteiger partial charge in [0.2, 0.25) is 5.91 Å². The molecule has 1 aliphatic rings. The molecule has 1 heterocycles. The van der Waals surface area contributed by atoms with Gasteiger partial charge in [-0.05, 0) is 30.8 Å². The van der Waals surface area contributed by atoms with Crippen LogP contribution in [0.25, 0.3) is 6.08 Å². The lowest BCUT2D eigenvalue weighted by Gasteiger charge is -2.28. The highest BCUT2D eigenvalue weighted by molar-refractivity contribution is 7.80. The number of hydrogen-bond donors (Lipinski definition) is 1. The Bertz CT molecular complexity index is 505. The summed E-state index contributed by atoms with van der Waals surface area (Å²) in [4.78, 5) is 13.7. The van der Waals surface area contributed by atoms with Gasteiger partial charge in [0.15, 0.2) is 5.11 Å². The summed E-state index contributed by atoms with van der Waals surface area (Å²) in [7, 11) is 0. The molecule has 20 heavy (non-hydrogen) atoms. The van der Waals surface area contributed by atoms with Crippen molar-refractivity contribution < 1.29 is 9.53 Å². The Morgan fingerprint density at radius 2 is 1.95 bits per heavy atom. The number of amides is 1. The van der Waals surface area contributed by atoms with Gasteiger partial charge in [0.1, 0.15) is 0 Å². The smallest absolute Gasteiger partial charge is 0.250 e. The van der Waals surface area contributed by atoms with E-state index in [4.69, 9.17) is 17.0 Å². The highest BCUT2D eigenvalue weighted by Gasteiger charge is 2.14. The van der Waals surface area contributed by atoms with Crippen LogP contribution in [-0.4, -0.2) is 42.2 Å². The molecule has 1 aromatic carbocycles. The molecular formula is C15H18N2O2S. The zero-order chi connectivity index (χ0) is 14.4. The topological polar surface area (TPSA) is 41.6 Å². The zero-order valence-corrected chi connectivity index (χ0v) is 12.3. The maximum Gasteiger partial charge on any atom is 0.250 e. The number of nitrogens with zero attached hydrogens (tertiary/aromatic N) is 1. The summed E-state index contributed by atoms with van der Waals surface area (Å²) >= 11 is 5.20. The third kappa shape index (κ3) is 4.43. The van der Waals surface area contributed by atoms with Crippen LogP contribution < -0.4 is 5.32 Å². The highest BCUT2D eigenvalue weighted by atomic mass is 32.1. The lowest BCUT2D eigenvalue weighted by Crippen LogP contribution is -2.47. The quantitative estimate of drug-likeness (QED) is 0.665. The molecule has 0 aliphatic carbocycles. The van der Waals surface area contributed by atoms with Crippen LogP contribution in [0.3, 0.4) is 0 Å². The summed E-state index contributed by atoms with van der Waals surface area (Å²) in [5, 5.41) is 3.17. The predicted molar refractivity (Wildman–Crippen MR) is 83.3 cm³/mol. The Morgan fingerprint density at radius 1 is 1.30 bits per heavy atom. The molecule has 0 aromatic heterocycles. The maximum absolute atomic E-state index is 11.8. The monoisotopic (exact) mass is 290 g/mol. The first-order valence-electron chi connectivity index (χ1n) is 6.57. The zero-order valence-electron chi connectivity index (χ0n) is 11.5. The van der Waals surface area contributed by atoms with E-state index in [1.54, 1.807) is 6.08 Å². The summed E-state index contributed by atoms with van der Waals surface area (Å²) in [6, 6.07) is 7.96. The second-order valence-corrected chi connectivity index (χ2v) is 5.02. The number of benzene rings is 1. The molecule has 5 heteroatoms. The average Bonchev–Trinajstić information content (AvgIpc) is 2.47. The van der Waals surface area contributed by atoms with Gasteiger partial charge in [-0.25, -0.2) is 0 Å². The highest BCUT2D eigenvalue weighted by Crippen LogP contribution is 2.05. The molecule has 0 atom stereocenters. The Kier molecular flexibility index (Phi) is 5.26. The van der Waals surface area contributed by atoms with Gasteiger partial charge in [-0.2, -0.15) is 0 Å². The van der Waals surface area contributed by atoms with Crippen molar-refractivity contribution >= 4 is 29.3 Å². The molecule has 2 rings (SSSR count). The summed E-state index contributed by atoms with van der Waals surface area (Å²) < 4.78 is 5.24. The van der Waals surface area contributed by atoms with E-state index in [0.717, 1.165) is 18.7 Å². The van der Waals surface area contributed by atoms with E-state index in [2.05, 4.69) is 5.32 Å². The van der Waals surface area contributed by atoms with Crippen molar-refractivity contribution in [1.29, 1.82) is 0 Å². The number of morpholine rings is 1. The van der Waals surface area contributed by atoms with Crippen molar-refractivity contribution in [2.75, 3.05) is 26.3 Å². The first kappa shape index (κ1) is 14.7. The minimum Gasteiger partial charge on any atom is -0.378 e. The van der Waals surface area contributed by atoms with Gasteiger partial charge in [-0.3, -0.25) is 10.1 Å². The Balaban J connectivity index is 1.85. The third-order valence-electron chi connectivity index (χ3n) is 3.03. The third-order valence-corrected chi connectivity index (χ3v) is 3.39. The van der Waals surface area contributed by atoms with Gasteiger partial charge in [-0.15, -0.1) is 0 Å². The average molecular weight is 290 g/mol. The second kappa shape index (κ2) is 7.17. The van der Waals surface area contributed by atoms with Crippen LogP contribution in [0.4, 0.5) is 0 Å². The lowest BCUT2D eigenvalue weighted by atomic mass is 10.1. The number of nitrogens with one attached hydrogen (secondary N) is 1. The molecule has 0 bridgehead atoms. The van der Waals surface area contributed by atoms with Gasteiger partial charge < -0.3 is 9.64 Å². The molecule has 1 N–H and O–H groups in total. The van der Waals surface area contributed by atoms with E-state index in [1.165, 1.54) is 11.6 Å². The fourth-order valence-corrected chi connectivity index (χ4v) is 2.13. The van der Waals surface area contributed by atoms with Gasteiger partial charge in [0.25, 0.3) is 0 Å². The summed E-state index contributed by atoms with van der Waals surface area (Å²) in [6.07, 6.45) is 3.27. The van der Waals surface area contributed by atoms with Crippen LogP contribution in [0.1, 0.15) is 11.1 Å². The van der Waals surface area contributed by atoms with Crippen LogP contribution in [0.15, 0.2) is 30.3 Å². The predicted octanol–water partition coefficient (Wildman–Crippen LogP) is 1.74. The Morgan fingerprint density at radius 3 is 2.60 bits per heavy atom. The number of thiocarbonyl (C=S) groups is 1. The Labute approximate surface area is 124 Å². The molecule has 0 saturated carbocycles. The summed E-state index contributed by atoms with van der Waals surface area (Å²) in [6.45, 7) is 4.77. The van der Waals surface area contributed by atoms with E-state index in [9.17, 15) is 4.79 Å². The van der Waals surface area contributed by atoms with Crippen molar-refractivity contribution in [3.63, 3.8) is 0 Å². The standard InChI is InChI=1S/C15H18N2O2S/c1-12-2-4-13(5-3-12)6-7-14(18)16-15(20)17-8-10-19-11-9-17/h2-7H,8-11H2,1H3,(H,16,18,20). The largest absolute Gasteiger partial charge is 0.378 e. The molecule has 4 nitrogen and oxygen atoms in total. The number of ether oxygens (including phenoxy) is 1. The van der Waals surface area contributed by atoms with Crippen molar-refractivity contribution in [2.24, 2.45) is 0 Å². The van der Waals surface area contributed by atoms with E-state index in [1.807, 2.05) is 36.1 Å². The molecule has 1 fully saturated rings. The molecular weight excluding hydrogens is 272 g/mol. The van der Waals surface area contributed by atoms with Gasteiger partial charge in [-0.1, -0.05) is 29.8 Å². The fraction of sp³-hybridized carbons (Fsp3) is 0.333. The minimum absolute atomic E-state index is 0.206. The van der Waals surface area contributed by atoms with Crippen molar-refractivity contribution in [3.05, 3.63) is 41.5 Å². The Hall–Kier alpha value is -1.72. The first-order chi connectivity index (χ1) is 9.65. The maximum atomic E-state index is 11.8. The molecule has 0 unspecified atom stereocenters. The molecule has 1 aliphatic heterocycles. The van der Waals surface area contributed by atoms with E-state index in [-0.39, 0.29) is 5.91 Å². The second-order valence-electron chi connectivity index (χ2n) is 4.64. The van der Waals surface area contributed by atoms with E-state index in [0.29, 0.717) is 18.3 Å². The van der Waals surface area contributed by atoms with Gasteiger partial charge in [0.05, 0.1) is 13.2 Å². The number of aryl methyl sites for hydroxylation is 1. The van der Waals surface area contributed by atoms with Crippen LogP contribution in [0.2, 0.25) is 0 Å². The molecule has 1 saturated heterocycles. The van der Waals surface area contributed by atoms with E-state index < -0.39 is 0 Å². The number of carbonyl (C=O) groups is 1. The molecule has 0 spiro atoms. The van der Waals surface area contributed by atoms with Crippen molar-refractivity contribution in [1.82, 2.24) is 10.2 Å². The SMILES string of the molecule is Cc1ccc(C=CC(=O)NC(=S)N2CCOCC2)cc1. The summed E-state index contributed by atoms with van der Waals surface area (Å²) in [5.41, 5.74) is 2.18. The number of carbonyl (C=O) groups excluding carboxylic acids is 1. The summed E-state index contributed by atoms with van der Waals surface area (Å²) in [5.74, 6) is -0.206. The van der Waals surface area contributed by atoms with Crippen molar-refractivity contribution in [2.45, 2.75) is 6.92 Å². The molecule has 1 amide bonds.